The molecule has 0 N–H and O–H groups in total. The van der Waals surface area contributed by atoms with Crippen molar-refractivity contribution in [2.45, 2.75) is 0 Å². The quantitative estimate of drug-likeness (QED) is 0.277. The van der Waals surface area contributed by atoms with Crippen molar-refractivity contribution in [3.05, 3.63) is 94.7 Å². The van der Waals surface area contributed by atoms with Gasteiger partial charge in [-0.1, -0.05) is 48.5 Å². The van der Waals surface area contributed by atoms with E-state index < -0.39 is 0 Å². The third-order valence-electron chi connectivity index (χ3n) is 5.22. The van der Waals surface area contributed by atoms with Crippen molar-refractivity contribution in [2.75, 3.05) is 0 Å². The summed E-state index contributed by atoms with van der Waals surface area (Å²) in [6.45, 7) is 0. The van der Waals surface area contributed by atoms with Gasteiger partial charge in [0.25, 0.3) is 0 Å². The number of thiophene rings is 2. The second-order valence-electron chi connectivity index (χ2n) is 7.11. The molecule has 0 nitrogen and oxygen atoms in total. The number of fused-ring (bicyclic) bond motifs is 4. The van der Waals surface area contributed by atoms with Gasteiger partial charge in [0.1, 0.15) is 0 Å². The smallest absolute Gasteiger partial charge is 0.0355 e. The van der Waals surface area contributed by atoms with Crippen LogP contribution < -0.4 is 0 Å². The first kappa shape index (κ1) is 16.1. The molecule has 0 spiro atoms. The lowest BCUT2D eigenvalue weighted by Gasteiger charge is -1.96. The third-order valence-corrected chi connectivity index (χ3v) is 7.35. The fourth-order valence-corrected chi connectivity index (χ4v) is 5.82. The van der Waals surface area contributed by atoms with Crippen LogP contribution in [-0.2, 0) is 0 Å². The summed E-state index contributed by atoms with van der Waals surface area (Å²) in [6, 6.07) is 30.9. The maximum atomic E-state index is 2.30. The second kappa shape index (κ2) is 6.30. The summed E-state index contributed by atoms with van der Waals surface area (Å²) in [7, 11) is 0. The maximum absolute atomic E-state index is 2.30. The zero-order valence-corrected chi connectivity index (χ0v) is 16.7. The van der Waals surface area contributed by atoms with Gasteiger partial charge in [0.05, 0.1) is 0 Å². The monoisotopic (exact) mass is 392 g/mol. The molecule has 0 saturated heterocycles. The number of benzene rings is 4. The molecular weight excluding hydrogens is 376 g/mol. The van der Waals surface area contributed by atoms with Gasteiger partial charge in [-0.3, -0.25) is 0 Å². The topological polar surface area (TPSA) is 0 Å². The maximum Gasteiger partial charge on any atom is 0.0355 e. The Labute approximate surface area is 171 Å². The summed E-state index contributed by atoms with van der Waals surface area (Å²) < 4.78 is 2.70. The lowest BCUT2D eigenvalue weighted by Crippen LogP contribution is -1.70. The van der Waals surface area contributed by atoms with Crippen LogP contribution >= 0.6 is 22.7 Å². The second-order valence-corrected chi connectivity index (χ2v) is 9.34. The molecule has 28 heavy (non-hydrogen) atoms. The number of hydrogen-bond acceptors (Lipinski definition) is 2. The van der Waals surface area contributed by atoms with Crippen LogP contribution in [0.5, 0.6) is 0 Å². The standard InChI is InChI=1S/C26H16S2/c1-3-7-19-15-25-21(11-17(19)5-1)13-23(27-25)9-10-24-14-22-12-18-6-2-4-8-20(18)16-26(22)28-24/h1-16H/b10-9+. The van der Waals surface area contributed by atoms with Crippen molar-refractivity contribution in [1.29, 1.82) is 0 Å². The molecule has 4 aromatic carbocycles. The largest absolute Gasteiger partial charge is 0.136 e. The Balaban J connectivity index is 1.39. The van der Waals surface area contributed by atoms with E-state index in [0.29, 0.717) is 0 Å². The Morgan fingerprint density at radius 2 is 0.821 bits per heavy atom. The Morgan fingerprint density at radius 1 is 0.429 bits per heavy atom. The van der Waals surface area contributed by atoms with Crippen molar-refractivity contribution in [3.8, 4) is 0 Å². The van der Waals surface area contributed by atoms with Crippen LogP contribution in [0.15, 0.2) is 84.9 Å². The molecule has 0 aliphatic heterocycles. The van der Waals surface area contributed by atoms with E-state index in [0.717, 1.165) is 0 Å². The first-order chi connectivity index (χ1) is 13.8. The highest BCUT2D eigenvalue weighted by molar-refractivity contribution is 7.20. The van der Waals surface area contributed by atoms with E-state index in [1.807, 2.05) is 22.7 Å². The normalized spacial score (nSPS) is 12.1. The molecule has 2 heteroatoms. The van der Waals surface area contributed by atoms with Crippen molar-refractivity contribution >= 4 is 76.5 Å². The summed E-state index contributed by atoms with van der Waals surface area (Å²) in [4.78, 5) is 2.60. The highest BCUT2D eigenvalue weighted by Crippen LogP contribution is 2.33. The van der Waals surface area contributed by atoms with Crippen LogP contribution in [0.25, 0.3) is 53.9 Å². The lowest BCUT2D eigenvalue weighted by molar-refractivity contribution is 1.81. The Morgan fingerprint density at radius 3 is 1.25 bits per heavy atom. The molecule has 0 atom stereocenters. The molecule has 6 aromatic rings. The van der Waals surface area contributed by atoms with Gasteiger partial charge in [-0.25, -0.2) is 0 Å². The van der Waals surface area contributed by atoms with Gasteiger partial charge in [0.15, 0.2) is 0 Å². The van der Waals surface area contributed by atoms with Crippen LogP contribution in [0.2, 0.25) is 0 Å². The predicted molar refractivity (Wildman–Crippen MR) is 128 cm³/mol. The van der Waals surface area contributed by atoms with Gasteiger partial charge in [0.2, 0.25) is 0 Å². The molecule has 2 heterocycles. The third kappa shape index (κ3) is 2.73. The van der Waals surface area contributed by atoms with E-state index in [4.69, 9.17) is 0 Å². The number of hydrogen-bond donors (Lipinski definition) is 0. The molecule has 6 rings (SSSR count). The fraction of sp³-hybridized carbons (Fsp3) is 0. The average Bonchev–Trinajstić information content (AvgIpc) is 3.30. The van der Waals surface area contributed by atoms with Gasteiger partial charge in [0, 0.05) is 19.2 Å². The number of rotatable bonds is 2. The molecule has 0 radical (unpaired) electrons. The first-order valence-electron chi connectivity index (χ1n) is 9.35. The summed E-state index contributed by atoms with van der Waals surface area (Å²) in [6.07, 6.45) is 4.50. The van der Waals surface area contributed by atoms with Crippen molar-refractivity contribution in [3.63, 3.8) is 0 Å². The fourth-order valence-electron chi connectivity index (χ4n) is 3.82. The highest BCUT2D eigenvalue weighted by atomic mass is 32.1. The van der Waals surface area contributed by atoms with Crippen molar-refractivity contribution in [1.82, 2.24) is 0 Å². The highest BCUT2D eigenvalue weighted by Gasteiger charge is 2.04. The minimum atomic E-state index is 1.30. The molecule has 0 amide bonds. The zero-order valence-electron chi connectivity index (χ0n) is 15.1. The SMILES string of the molecule is C(=C\c1cc2cc3ccccc3cc2s1)/c1cc2cc3ccccc3cc2s1. The zero-order chi connectivity index (χ0) is 18.5. The summed E-state index contributed by atoms with van der Waals surface area (Å²) in [5, 5.41) is 7.88. The van der Waals surface area contributed by atoms with Crippen LogP contribution in [0.1, 0.15) is 9.75 Å². The minimum Gasteiger partial charge on any atom is -0.136 e. The van der Waals surface area contributed by atoms with E-state index in [2.05, 4.69) is 97.1 Å². The molecular formula is C26H16S2. The predicted octanol–water partition coefficient (Wildman–Crippen LogP) is 8.59. The molecule has 0 unspecified atom stereocenters. The molecule has 2 aromatic heterocycles. The van der Waals surface area contributed by atoms with Gasteiger partial charge in [-0.05, 0) is 80.9 Å². The van der Waals surface area contributed by atoms with E-state index in [1.165, 1.54) is 51.5 Å². The molecule has 0 fully saturated rings. The van der Waals surface area contributed by atoms with Gasteiger partial charge in [-0.15, -0.1) is 22.7 Å². The first-order valence-corrected chi connectivity index (χ1v) is 11.0. The Kier molecular flexibility index (Phi) is 3.61. The van der Waals surface area contributed by atoms with E-state index in [1.54, 1.807) is 0 Å². The summed E-state index contributed by atoms with van der Waals surface area (Å²) in [5.74, 6) is 0. The summed E-state index contributed by atoms with van der Waals surface area (Å²) in [5.41, 5.74) is 0. The molecule has 0 aliphatic carbocycles. The average molecular weight is 393 g/mol. The minimum absolute atomic E-state index is 1.30. The molecule has 0 saturated carbocycles. The van der Waals surface area contributed by atoms with Crippen LogP contribution in [0.3, 0.4) is 0 Å². The van der Waals surface area contributed by atoms with Crippen LogP contribution in [-0.4, -0.2) is 0 Å². The van der Waals surface area contributed by atoms with Gasteiger partial charge in [-0.2, -0.15) is 0 Å². The van der Waals surface area contributed by atoms with Crippen molar-refractivity contribution in [2.24, 2.45) is 0 Å². The van der Waals surface area contributed by atoms with Crippen LogP contribution in [0.4, 0.5) is 0 Å². The molecule has 0 bridgehead atoms. The summed E-state index contributed by atoms with van der Waals surface area (Å²) >= 11 is 3.72. The molecule has 0 aliphatic rings. The van der Waals surface area contributed by atoms with E-state index >= 15 is 0 Å². The van der Waals surface area contributed by atoms with E-state index in [-0.39, 0.29) is 0 Å². The Hall–Kier alpha value is -2.94. The lowest BCUT2D eigenvalue weighted by atomic mass is 10.1. The van der Waals surface area contributed by atoms with Gasteiger partial charge < -0.3 is 0 Å². The van der Waals surface area contributed by atoms with Gasteiger partial charge >= 0.3 is 0 Å². The van der Waals surface area contributed by atoms with E-state index in [9.17, 15) is 0 Å². The van der Waals surface area contributed by atoms with Crippen LogP contribution in [0, 0.1) is 0 Å². The molecule has 132 valence electrons. The van der Waals surface area contributed by atoms with Crippen molar-refractivity contribution < 1.29 is 0 Å². The Bertz CT molecular complexity index is 1290.